The Morgan fingerprint density at radius 1 is 1.25 bits per heavy atom. The molecule has 20 heavy (non-hydrogen) atoms. The Labute approximate surface area is 120 Å². The second kappa shape index (κ2) is 4.76. The first kappa shape index (κ1) is 12.9. The van der Waals surface area contributed by atoms with Crippen LogP contribution in [0.25, 0.3) is 11.0 Å². The van der Waals surface area contributed by atoms with Gasteiger partial charge < -0.3 is 4.42 Å². The van der Waals surface area contributed by atoms with Crippen molar-refractivity contribution in [2.45, 2.75) is 20.8 Å². The second-order valence-corrected chi connectivity index (χ2v) is 5.87. The number of amides is 1. The van der Waals surface area contributed by atoms with Crippen LogP contribution in [-0.4, -0.2) is 10.9 Å². The second-order valence-electron chi connectivity index (χ2n) is 4.67. The minimum absolute atomic E-state index is 0.257. The van der Waals surface area contributed by atoms with Gasteiger partial charge in [-0.1, -0.05) is 18.2 Å². The molecule has 0 radical (unpaired) electrons. The van der Waals surface area contributed by atoms with Crippen LogP contribution in [0.3, 0.4) is 0 Å². The molecule has 1 aromatic carbocycles. The number of nitrogens with zero attached hydrogens (tertiary/aromatic N) is 1. The van der Waals surface area contributed by atoms with Crippen molar-refractivity contribution in [2.24, 2.45) is 0 Å². The fourth-order valence-electron chi connectivity index (χ4n) is 2.07. The van der Waals surface area contributed by atoms with Gasteiger partial charge in [-0.25, -0.2) is 4.98 Å². The minimum Gasteiger partial charge on any atom is -0.451 e. The first-order valence-electron chi connectivity index (χ1n) is 6.30. The van der Waals surface area contributed by atoms with Gasteiger partial charge in [0.25, 0.3) is 5.91 Å². The van der Waals surface area contributed by atoms with Gasteiger partial charge in [-0.3, -0.25) is 10.1 Å². The lowest BCUT2D eigenvalue weighted by Gasteiger charge is -1.98. The standard InChI is InChI=1S/C15H14N2O2S/c1-8-11-6-4-5-7-12(11)19-13(8)14(18)17-15-16-9(2)10(3)20-15/h4-7H,1-3H3,(H,16,17,18). The maximum atomic E-state index is 12.3. The summed E-state index contributed by atoms with van der Waals surface area (Å²) in [5.74, 6) is 0.0872. The van der Waals surface area contributed by atoms with Gasteiger partial charge in [-0.05, 0) is 26.8 Å². The molecule has 102 valence electrons. The zero-order chi connectivity index (χ0) is 14.3. The van der Waals surface area contributed by atoms with Crippen LogP contribution in [0.1, 0.15) is 26.7 Å². The average molecular weight is 286 g/mol. The number of hydrogen-bond donors (Lipinski definition) is 1. The number of para-hydroxylation sites is 1. The SMILES string of the molecule is Cc1nc(NC(=O)c2oc3ccccc3c2C)sc1C. The van der Waals surface area contributed by atoms with Crippen LogP contribution in [0.2, 0.25) is 0 Å². The molecule has 0 fully saturated rings. The third-order valence-electron chi connectivity index (χ3n) is 3.30. The fourth-order valence-corrected chi connectivity index (χ4v) is 2.88. The van der Waals surface area contributed by atoms with Gasteiger partial charge >= 0.3 is 0 Å². The summed E-state index contributed by atoms with van der Waals surface area (Å²) in [6.07, 6.45) is 0. The van der Waals surface area contributed by atoms with Crippen molar-refractivity contribution < 1.29 is 9.21 Å². The highest BCUT2D eigenvalue weighted by Gasteiger charge is 2.18. The van der Waals surface area contributed by atoms with Crippen molar-refractivity contribution in [1.82, 2.24) is 4.98 Å². The normalized spacial score (nSPS) is 10.9. The zero-order valence-electron chi connectivity index (χ0n) is 11.5. The first-order valence-corrected chi connectivity index (χ1v) is 7.11. The van der Waals surface area contributed by atoms with Gasteiger partial charge in [-0.2, -0.15) is 0 Å². The van der Waals surface area contributed by atoms with Gasteiger partial charge in [0.2, 0.25) is 0 Å². The minimum atomic E-state index is -0.257. The smallest absolute Gasteiger partial charge is 0.293 e. The molecular weight excluding hydrogens is 272 g/mol. The molecule has 0 aliphatic carbocycles. The molecule has 5 heteroatoms. The van der Waals surface area contributed by atoms with Crippen molar-refractivity contribution in [1.29, 1.82) is 0 Å². The molecule has 2 heterocycles. The Hall–Kier alpha value is -2.14. The maximum absolute atomic E-state index is 12.3. The van der Waals surface area contributed by atoms with Crippen LogP contribution in [0.4, 0.5) is 5.13 Å². The van der Waals surface area contributed by atoms with Crippen LogP contribution >= 0.6 is 11.3 Å². The average Bonchev–Trinajstić information content (AvgIpc) is 2.91. The number of benzene rings is 1. The summed E-state index contributed by atoms with van der Waals surface area (Å²) in [5.41, 5.74) is 2.51. The number of anilines is 1. The van der Waals surface area contributed by atoms with Crippen LogP contribution in [0, 0.1) is 20.8 Å². The number of fused-ring (bicyclic) bond motifs is 1. The number of carbonyl (C=O) groups excluding carboxylic acids is 1. The molecule has 0 unspecified atom stereocenters. The van der Waals surface area contributed by atoms with Gasteiger partial charge in [-0.15, -0.1) is 11.3 Å². The van der Waals surface area contributed by atoms with Crippen molar-refractivity contribution in [3.05, 3.63) is 46.2 Å². The van der Waals surface area contributed by atoms with E-state index >= 15 is 0 Å². The molecule has 0 aliphatic heterocycles. The summed E-state index contributed by atoms with van der Waals surface area (Å²) in [4.78, 5) is 17.7. The Bertz CT molecular complexity index is 782. The van der Waals surface area contributed by atoms with Crippen LogP contribution in [-0.2, 0) is 0 Å². The van der Waals surface area contributed by atoms with Gasteiger partial charge in [0.15, 0.2) is 10.9 Å². The van der Waals surface area contributed by atoms with Crippen LogP contribution in [0.5, 0.6) is 0 Å². The summed E-state index contributed by atoms with van der Waals surface area (Å²) in [6, 6.07) is 7.63. The number of carbonyl (C=O) groups is 1. The van der Waals surface area contributed by atoms with E-state index in [9.17, 15) is 4.79 Å². The zero-order valence-corrected chi connectivity index (χ0v) is 12.3. The van der Waals surface area contributed by atoms with E-state index in [1.165, 1.54) is 11.3 Å². The Morgan fingerprint density at radius 2 is 2.00 bits per heavy atom. The number of aryl methyl sites for hydroxylation is 3. The number of furan rings is 1. The van der Waals surface area contributed by atoms with Gasteiger partial charge in [0.1, 0.15) is 5.58 Å². The molecule has 0 saturated heterocycles. The molecule has 1 amide bonds. The van der Waals surface area contributed by atoms with E-state index in [0.717, 1.165) is 27.1 Å². The number of hydrogen-bond acceptors (Lipinski definition) is 4. The summed E-state index contributed by atoms with van der Waals surface area (Å²) in [6.45, 7) is 5.79. The Kier molecular flexibility index (Phi) is 3.06. The van der Waals surface area contributed by atoms with E-state index in [2.05, 4.69) is 10.3 Å². The number of rotatable bonds is 2. The van der Waals surface area contributed by atoms with Crippen LogP contribution in [0.15, 0.2) is 28.7 Å². The van der Waals surface area contributed by atoms with E-state index in [4.69, 9.17) is 4.42 Å². The topological polar surface area (TPSA) is 55.1 Å². The molecule has 0 bridgehead atoms. The summed E-state index contributed by atoms with van der Waals surface area (Å²) < 4.78 is 5.63. The maximum Gasteiger partial charge on any atom is 0.293 e. The molecule has 1 N–H and O–H groups in total. The molecule has 0 atom stereocenters. The largest absolute Gasteiger partial charge is 0.451 e. The van der Waals surface area contributed by atoms with Gasteiger partial charge in [0.05, 0.1) is 5.69 Å². The monoisotopic (exact) mass is 286 g/mol. The lowest BCUT2D eigenvalue weighted by molar-refractivity contribution is 0.0998. The molecule has 2 aromatic heterocycles. The highest BCUT2D eigenvalue weighted by Crippen LogP contribution is 2.27. The lowest BCUT2D eigenvalue weighted by atomic mass is 10.1. The first-order chi connectivity index (χ1) is 9.56. The highest BCUT2D eigenvalue weighted by atomic mass is 32.1. The van der Waals surface area contributed by atoms with E-state index in [1.807, 2.05) is 45.0 Å². The quantitative estimate of drug-likeness (QED) is 0.772. The Balaban J connectivity index is 1.94. The molecular formula is C15H14N2O2S. The van der Waals surface area contributed by atoms with Gasteiger partial charge in [0, 0.05) is 15.8 Å². The molecule has 4 nitrogen and oxygen atoms in total. The molecule has 3 aromatic rings. The highest BCUT2D eigenvalue weighted by molar-refractivity contribution is 7.15. The number of nitrogens with one attached hydrogen (secondary N) is 1. The van der Waals surface area contributed by atoms with E-state index in [1.54, 1.807) is 0 Å². The summed E-state index contributed by atoms with van der Waals surface area (Å²) in [5, 5.41) is 4.36. The Morgan fingerprint density at radius 3 is 2.65 bits per heavy atom. The van der Waals surface area contributed by atoms with Crippen molar-refractivity contribution in [2.75, 3.05) is 5.32 Å². The summed E-state index contributed by atoms with van der Waals surface area (Å²) in [7, 11) is 0. The predicted octanol–water partition coefficient (Wildman–Crippen LogP) is 4.07. The third kappa shape index (κ3) is 2.10. The van der Waals surface area contributed by atoms with Crippen molar-refractivity contribution >= 4 is 33.3 Å². The third-order valence-corrected chi connectivity index (χ3v) is 4.29. The number of aromatic nitrogens is 1. The fraction of sp³-hybridized carbons (Fsp3) is 0.200. The molecule has 0 aliphatic rings. The molecule has 3 rings (SSSR count). The van der Waals surface area contributed by atoms with E-state index < -0.39 is 0 Å². The van der Waals surface area contributed by atoms with Crippen LogP contribution < -0.4 is 5.32 Å². The van der Waals surface area contributed by atoms with E-state index in [-0.39, 0.29) is 5.91 Å². The number of thiazole rings is 1. The van der Waals surface area contributed by atoms with Crippen molar-refractivity contribution in [3.63, 3.8) is 0 Å². The summed E-state index contributed by atoms with van der Waals surface area (Å²) >= 11 is 1.47. The lowest BCUT2D eigenvalue weighted by Crippen LogP contribution is -2.11. The van der Waals surface area contributed by atoms with E-state index in [0.29, 0.717) is 10.9 Å². The molecule has 0 spiro atoms. The predicted molar refractivity (Wildman–Crippen MR) is 80.5 cm³/mol. The van der Waals surface area contributed by atoms with Crippen molar-refractivity contribution in [3.8, 4) is 0 Å². The molecule has 0 saturated carbocycles.